The van der Waals surface area contributed by atoms with E-state index in [1.807, 2.05) is 30.3 Å². The zero-order valence-electron chi connectivity index (χ0n) is 16.4. The molecule has 0 fully saturated rings. The lowest BCUT2D eigenvalue weighted by atomic mass is 10.1. The molecule has 0 saturated carbocycles. The van der Waals surface area contributed by atoms with Gasteiger partial charge in [0.2, 0.25) is 0 Å². The number of para-hydroxylation sites is 1. The Hall–Kier alpha value is -1.71. The van der Waals surface area contributed by atoms with Crippen LogP contribution in [0.15, 0.2) is 72.8 Å². The summed E-state index contributed by atoms with van der Waals surface area (Å²) in [7, 11) is 0. The van der Waals surface area contributed by atoms with E-state index in [2.05, 4.69) is 48.6 Å². The number of hydrogen-bond donors (Lipinski definition) is 1. The molecule has 154 valence electrons. The minimum Gasteiger partial charge on any atom is -0.489 e. The highest BCUT2D eigenvalue weighted by Gasteiger charge is 2.08. The van der Waals surface area contributed by atoms with Crippen molar-refractivity contribution in [3.8, 4) is 5.75 Å². The molecule has 0 radical (unpaired) electrons. The van der Waals surface area contributed by atoms with E-state index in [0.717, 1.165) is 36.3 Å². The molecule has 3 aromatic rings. The third kappa shape index (κ3) is 7.56. The summed E-state index contributed by atoms with van der Waals surface area (Å²) in [5.41, 5.74) is 3.43. The number of benzene rings is 3. The molecule has 1 N–H and O–H groups in total. The smallest absolute Gasteiger partial charge is 0.124 e. The zero-order chi connectivity index (χ0) is 19.8. The molecule has 0 aliphatic rings. The summed E-state index contributed by atoms with van der Waals surface area (Å²) in [6, 6.07) is 24.6. The monoisotopic (exact) mass is 449 g/mol. The van der Waals surface area contributed by atoms with Crippen molar-refractivity contribution in [3.05, 3.63) is 99.5 Å². The topological polar surface area (TPSA) is 21.3 Å². The Bertz CT molecular complexity index is 886. The summed E-state index contributed by atoms with van der Waals surface area (Å²) in [5.74, 6) is 0.872. The predicted molar refractivity (Wildman–Crippen MR) is 126 cm³/mol. The molecule has 0 saturated heterocycles. The molecule has 29 heavy (non-hydrogen) atoms. The van der Waals surface area contributed by atoms with Crippen LogP contribution in [0.5, 0.6) is 5.75 Å². The van der Waals surface area contributed by atoms with Gasteiger partial charge in [-0.25, -0.2) is 0 Å². The van der Waals surface area contributed by atoms with Gasteiger partial charge in [-0.3, -0.25) is 0 Å². The van der Waals surface area contributed by atoms with Crippen LogP contribution in [0.3, 0.4) is 0 Å². The number of nitrogens with one attached hydrogen (secondary N) is 1. The van der Waals surface area contributed by atoms with Gasteiger partial charge in [-0.2, -0.15) is 0 Å². The fraction of sp³-hybridized carbons (Fsp3) is 0.250. The maximum Gasteiger partial charge on any atom is 0.124 e. The first kappa shape index (κ1) is 23.6. The minimum absolute atomic E-state index is 0. The lowest BCUT2D eigenvalue weighted by Gasteiger charge is -2.16. The molecule has 5 heteroatoms. The number of hydrogen-bond acceptors (Lipinski definition) is 2. The summed E-state index contributed by atoms with van der Waals surface area (Å²) in [5, 5.41) is 4.85. The van der Waals surface area contributed by atoms with Gasteiger partial charge in [-0.1, -0.05) is 77.8 Å². The van der Waals surface area contributed by atoms with Crippen LogP contribution < -0.4 is 10.1 Å². The molecular weight excluding hydrogens is 425 g/mol. The van der Waals surface area contributed by atoms with E-state index in [4.69, 9.17) is 27.9 Å². The normalized spacial score (nSPS) is 11.6. The predicted octanol–water partition coefficient (Wildman–Crippen LogP) is 7.11. The van der Waals surface area contributed by atoms with Gasteiger partial charge in [0.15, 0.2) is 0 Å². The quantitative estimate of drug-likeness (QED) is 0.375. The maximum absolute atomic E-state index is 6.25. The van der Waals surface area contributed by atoms with Crippen LogP contribution in [0.1, 0.15) is 30.0 Å². The van der Waals surface area contributed by atoms with Gasteiger partial charge in [0.05, 0.1) is 0 Å². The van der Waals surface area contributed by atoms with Crippen LogP contribution in [-0.2, 0) is 19.6 Å². The largest absolute Gasteiger partial charge is 0.489 e. The second kappa shape index (κ2) is 12.1. The van der Waals surface area contributed by atoms with E-state index in [1.165, 1.54) is 5.56 Å². The van der Waals surface area contributed by atoms with Gasteiger partial charge in [-0.05, 0) is 43.5 Å². The SMILES string of the molecule is CC(CCc1ccccc1)NCc1ccccc1OCc1ccc(Cl)cc1Cl.Cl. The molecule has 0 bridgehead atoms. The highest BCUT2D eigenvalue weighted by Crippen LogP contribution is 2.24. The van der Waals surface area contributed by atoms with Crippen LogP contribution in [0, 0.1) is 0 Å². The number of aryl methyl sites for hydroxylation is 1. The number of rotatable bonds is 9. The van der Waals surface area contributed by atoms with Crippen LogP contribution in [0.2, 0.25) is 10.0 Å². The Kier molecular flexibility index (Phi) is 9.83. The molecular formula is C24H26Cl3NO. The van der Waals surface area contributed by atoms with Gasteiger partial charge in [0.25, 0.3) is 0 Å². The third-order valence-electron chi connectivity index (χ3n) is 4.72. The van der Waals surface area contributed by atoms with E-state index in [-0.39, 0.29) is 12.4 Å². The van der Waals surface area contributed by atoms with Crippen molar-refractivity contribution >= 4 is 35.6 Å². The van der Waals surface area contributed by atoms with Crippen molar-refractivity contribution in [2.45, 2.75) is 39.0 Å². The maximum atomic E-state index is 6.25. The van der Waals surface area contributed by atoms with Crippen molar-refractivity contribution < 1.29 is 4.74 Å². The van der Waals surface area contributed by atoms with Crippen molar-refractivity contribution in [2.75, 3.05) is 0 Å². The minimum atomic E-state index is 0. The molecule has 0 aromatic heterocycles. The Morgan fingerprint density at radius 2 is 1.62 bits per heavy atom. The summed E-state index contributed by atoms with van der Waals surface area (Å²) < 4.78 is 6.04. The van der Waals surface area contributed by atoms with E-state index < -0.39 is 0 Å². The lowest BCUT2D eigenvalue weighted by molar-refractivity contribution is 0.301. The fourth-order valence-corrected chi connectivity index (χ4v) is 3.46. The van der Waals surface area contributed by atoms with E-state index in [9.17, 15) is 0 Å². The molecule has 3 rings (SSSR count). The zero-order valence-corrected chi connectivity index (χ0v) is 18.7. The first-order valence-electron chi connectivity index (χ1n) is 9.54. The Morgan fingerprint density at radius 1 is 0.897 bits per heavy atom. The van der Waals surface area contributed by atoms with Gasteiger partial charge in [0.1, 0.15) is 12.4 Å². The number of halogens is 3. The molecule has 0 aliphatic carbocycles. The standard InChI is InChI=1S/C24H25Cl2NO.ClH/c1-18(11-12-19-7-3-2-4-8-19)27-16-20-9-5-6-10-24(20)28-17-21-13-14-22(25)15-23(21)26;/h2-10,13-15,18,27H,11-12,16-17H2,1H3;1H. The molecule has 1 unspecified atom stereocenters. The molecule has 0 spiro atoms. The van der Waals surface area contributed by atoms with Crippen LogP contribution in [0.4, 0.5) is 0 Å². The van der Waals surface area contributed by atoms with Gasteiger partial charge in [-0.15, -0.1) is 12.4 Å². The summed E-state index contributed by atoms with van der Waals surface area (Å²) in [4.78, 5) is 0. The van der Waals surface area contributed by atoms with Gasteiger partial charge in [0, 0.05) is 33.8 Å². The van der Waals surface area contributed by atoms with Crippen LogP contribution in [0.25, 0.3) is 0 Å². The molecule has 0 aliphatic heterocycles. The molecule has 3 aromatic carbocycles. The third-order valence-corrected chi connectivity index (χ3v) is 5.31. The summed E-state index contributed by atoms with van der Waals surface area (Å²) >= 11 is 12.2. The average Bonchev–Trinajstić information content (AvgIpc) is 2.71. The van der Waals surface area contributed by atoms with E-state index >= 15 is 0 Å². The second-order valence-electron chi connectivity index (χ2n) is 6.94. The molecule has 0 amide bonds. The average molecular weight is 451 g/mol. The van der Waals surface area contributed by atoms with Crippen LogP contribution >= 0.6 is 35.6 Å². The molecule has 1 atom stereocenters. The van der Waals surface area contributed by atoms with Gasteiger partial charge >= 0.3 is 0 Å². The van der Waals surface area contributed by atoms with Crippen molar-refractivity contribution in [1.82, 2.24) is 5.32 Å². The Labute approximate surface area is 189 Å². The summed E-state index contributed by atoms with van der Waals surface area (Å²) in [6.45, 7) is 3.40. The first-order valence-corrected chi connectivity index (χ1v) is 10.3. The Balaban J connectivity index is 0.00000300. The number of ether oxygens (including phenoxy) is 1. The highest BCUT2D eigenvalue weighted by atomic mass is 35.5. The van der Waals surface area contributed by atoms with Crippen molar-refractivity contribution in [3.63, 3.8) is 0 Å². The molecule has 0 heterocycles. The van der Waals surface area contributed by atoms with E-state index in [1.54, 1.807) is 6.07 Å². The second-order valence-corrected chi connectivity index (χ2v) is 7.78. The van der Waals surface area contributed by atoms with Crippen molar-refractivity contribution in [1.29, 1.82) is 0 Å². The molecule has 2 nitrogen and oxygen atoms in total. The van der Waals surface area contributed by atoms with Crippen molar-refractivity contribution in [2.24, 2.45) is 0 Å². The lowest BCUT2D eigenvalue weighted by Crippen LogP contribution is -2.26. The Morgan fingerprint density at radius 3 is 2.38 bits per heavy atom. The first-order chi connectivity index (χ1) is 13.6. The fourth-order valence-electron chi connectivity index (χ4n) is 3.00. The highest BCUT2D eigenvalue weighted by molar-refractivity contribution is 6.35. The van der Waals surface area contributed by atoms with Crippen LogP contribution in [-0.4, -0.2) is 6.04 Å². The summed E-state index contributed by atoms with van der Waals surface area (Å²) in [6.07, 6.45) is 2.16. The van der Waals surface area contributed by atoms with E-state index in [0.29, 0.717) is 22.7 Å². The van der Waals surface area contributed by atoms with Gasteiger partial charge < -0.3 is 10.1 Å².